The Bertz CT molecular complexity index is 321. The molecule has 75 valence electrons. The summed E-state index contributed by atoms with van der Waals surface area (Å²) in [6.45, 7) is 5.85. The van der Waals surface area contributed by atoms with Crippen molar-refractivity contribution in [3.63, 3.8) is 0 Å². The first kappa shape index (κ1) is 14.1. The van der Waals surface area contributed by atoms with Gasteiger partial charge in [0, 0.05) is 52.3 Å². The molecule has 1 rings (SSSR count). The summed E-state index contributed by atoms with van der Waals surface area (Å²) in [4.78, 5) is 0. The third-order valence-corrected chi connectivity index (χ3v) is 1.81. The van der Waals surface area contributed by atoms with E-state index in [0.717, 1.165) is 0 Å². The average molecular weight is 226 g/mol. The van der Waals surface area contributed by atoms with Crippen LogP contribution < -0.4 is 4.72 Å². The van der Waals surface area contributed by atoms with Crippen molar-refractivity contribution in [2.24, 2.45) is 0 Å². The van der Waals surface area contributed by atoms with Crippen LogP contribution in [-0.4, -0.2) is 43.5 Å². The monoisotopic (exact) mass is 226 g/mol. The van der Waals surface area contributed by atoms with Crippen molar-refractivity contribution in [2.75, 3.05) is 4.72 Å². The molecule has 1 heterocycles. The quantitative estimate of drug-likeness (QED) is 0.597. The van der Waals surface area contributed by atoms with E-state index in [1.807, 2.05) is 20.8 Å². The fourth-order valence-electron chi connectivity index (χ4n) is 0.762. The summed E-state index contributed by atoms with van der Waals surface area (Å²) in [5.74, 6) is 0.846. The van der Waals surface area contributed by atoms with Gasteiger partial charge in [0.05, 0.1) is 0 Å². The van der Waals surface area contributed by atoms with Crippen LogP contribution in [0.1, 0.15) is 26.5 Å². The van der Waals surface area contributed by atoms with Gasteiger partial charge in [-0.25, -0.2) is 0 Å². The fraction of sp³-hybridized carbons (Fsp3) is 0.571. The molecule has 0 bridgehead atoms. The predicted molar refractivity (Wildman–Crippen MR) is 53.5 cm³/mol. The number of nitrogens with zero attached hydrogens (tertiary/aromatic N) is 1. The number of hydrogen-bond acceptors (Lipinski definition) is 4. The van der Waals surface area contributed by atoms with Crippen LogP contribution in [0.2, 0.25) is 0 Å². The fourth-order valence-corrected chi connectivity index (χ4v) is 1.03. The Hall–Kier alpha value is 0.120. The van der Waals surface area contributed by atoms with Gasteiger partial charge in [0.1, 0.15) is 5.76 Å². The van der Waals surface area contributed by atoms with Crippen molar-refractivity contribution in [2.45, 2.75) is 26.2 Å². The molecule has 7 heteroatoms. The molecule has 0 fully saturated rings. The molecule has 1 unspecified atom stereocenters. The van der Waals surface area contributed by atoms with Gasteiger partial charge >= 0.3 is 0 Å². The molecule has 1 atom stereocenters. The van der Waals surface area contributed by atoms with E-state index in [9.17, 15) is 8.76 Å². The molecule has 1 aromatic rings. The number of nitrogens with one attached hydrogen (secondary N) is 1. The number of anilines is 1. The van der Waals surface area contributed by atoms with E-state index in [2.05, 4.69) is 9.88 Å². The summed E-state index contributed by atoms with van der Waals surface area (Å²) in [6.07, 6.45) is 0. The zero-order valence-electron chi connectivity index (χ0n) is 8.66. The summed E-state index contributed by atoms with van der Waals surface area (Å²) in [5, 5.41) is 3.54. The topological polar surface area (TPSA) is 78.2 Å². The van der Waals surface area contributed by atoms with Gasteiger partial charge in [-0.2, -0.15) is 0 Å². The van der Waals surface area contributed by atoms with E-state index in [4.69, 9.17) is 4.52 Å². The zero-order valence-corrected chi connectivity index (χ0v) is 11.5. The predicted octanol–water partition coefficient (Wildman–Crippen LogP) is 0.797. The van der Waals surface area contributed by atoms with Crippen molar-refractivity contribution < 1.29 is 13.3 Å². The minimum Gasteiger partial charge on any atom is -0.755 e. The Kier molecular flexibility index (Phi) is 5.32. The second-order valence-corrected chi connectivity index (χ2v) is 4.34. The van der Waals surface area contributed by atoms with Gasteiger partial charge in [-0.05, 0) is 0 Å². The van der Waals surface area contributed by atoms with Gasteiger partial charge < -0.3 is 9.08 Å². The molecule has 0 aromatic carbocycles. The summed E-state index contributed by atoms with van der Waals surface area (Å²) < 4.78 is 27.5. The number of aromatic nitrogens is 1. The number of hydrogen-bond donors (Lipinski definition) is 1. The zero-order chi connectivity index (χ0) is 10.1. The van der Waals surface area contributed by atoms with Crippen LogP contribution in [0.25, 0.3) is 0 Å². The summed E-state index contributed by atoms with van der Waals surface area (Å²) in [6, 6.07) is 1.57. The molecule has 5 nitrogen and oxygen atoms in total. The van der Waals surface area contributed by atoms with Crippen LogP contribution in [0, 0.1) is 0 Å². The second kappa shape index (κ2) is 5.27. The minimum atomic E-state index is -2.35. The van der Waals surface area contributed by atoms with Crippen LogP contribution in [0.15, 0.2) is 10.6 Å². The molecule has 1 aromatic heterocycles. The average Bonchev–Trinajstić information content (AvgIpc) is 2.32. The third kappa shape index (κ3) is 4.10. The standard InChI is InChI=1S/C7H12N2O3S.Na/c1-7(2,3)5-4-6(8-12-5)9-13(10)11;/h4H,1-3H3,(H,8,9)(H,10,11);/p-1. The Morgan fingerprint density at radius 3 is 2.50 bits per heavy atom. The number of rotatable bonds is 2. The molecule has 0 spiro atoms. The van der Waals surface area contributed by atoms with E-state index >= 15 is 0 Å². The first-order chi connectivity index (χ1) is 5.89. The molecule has 0 amide bonds. The van der Waals surface area contributed by atoms with Crippen molar-refractivity contribution in [1.29, 1.82) is 0 Å². The Morgan fingerprint density at radius 1 is 1.57 bits per heavy atom. The molecule has 0 aliphatic heterocycles. The van der Waals surface area contributed by atoms with E-state index in [0.29, 0.717) is 5.76 Å². The first-order valence-electron chi connectivity index (χ1n) is 3.73. The molecule has 0 aliphatic rings. The molecular formula is C7H11N2NaO3S-. The maximum Gasteiger partial charge on any atom is 0.180 e. The van der Waals surface area contributed by atoms with Crippen molar-refractivity contribution >= 4 is 46.6 Å². The van der Waals surface area contributed by atoms with Gasteiger partial charge in [0.2, 0.25) is 0 Å². The second-order valence-electron chi connectivity index (χ2n) is 3.66. The van der Waals surface area contributed by atoms with E-state index in [-0.39, 0.29) is 40.8 Å². The largest absolute Gasteiger partial charge is 0.755 e. The van der Waals surface area contributed by atoms with E-state index in [1.54, 1.807) is 6.07 Å². The van der Waals surface area contributed by atoms with Crippen molar-refractivity contribution in [1.82, 2.24) is 5.16 Å². The van der Waals surface area contributed by atoms with Crippen molar-refractivity contribution in [3.8, 4) is 0 Å². The molecule has 0 aliphatic carbocycles. The normalized spacial score (nSPS) is 13.1. The van der Waals surface area contributed by atoms with Gasteiger partial charge in [0.25, 0.3) is 0 Å². The smallest absolute Gasteiger partial charge is 0.180 e. The maximum atomic E-state index is 10.2. The van der Waals surface area contributed by atoms with Crippen LogP contribution in [0.5, 0.6) is 0 Å². The molecular weight excluding hydrogens is 215 g/mol. The molecule has 0 saturated heterocycles. The molecule has 1 N–H and O–H groups in total. The minimum absolute atomic E-state index is 0. The van der Waals surface area contributed by atoms with E-state index < -0.39 is 11.3 Å². The Balaban J connectivity index is 0.00000169. The van der Waals surface area contributed by atoms with Crippen LogP contribution >= 0.6 is 0 Å². The van der Waals surface area contributed by atoms with Crippen LogP contribution in [0.3, 0.4) is 0 Å². The van der Waals surface area contributed by atoms with Crippen LogP contribution in [-0.2, 0) is 16.7 Å². The Labute approximate surface area is 107 Å². The van der Waals surface area contributed by atoms with Gasteiger partial charge in [-0.3, -0.25) is 8.93 Å². The van der Waals surface area contributed by atoms with Gasteiger partial charge in [0.15, 0.2) is 5.82 Å². The van der Waals surface area contributed by atoms with E-state index in [1.165, 1.54) is 0 Å². The van der Waals surface area contributed by atoms with Crippen molar-refractivity contribution in [3.05, 3.63) is 11.8 Å². The van der Waals surface area contributed by atoms with Gasteiger partial charge in [-0.15, -0.1) is 0 Å². The summed E-state index contributed by atoms with van der Waals surface area (Å²) in [5.41, 5.74) is -0.169. The molecule has 14 heavy (non-hydrogen) atoms. The summed E-state index contributed by atoms with van der Waals surface area (Å²) in [7, 11) is 0. The third-order valence-electron chi connectivity index (χ3n) is 1.44. The molecule has 1 radical (unpaired) electrons. The Morgan fingerprint density at radius 2 is 2.14 bits per heavy atom. The SMILES string of the molecule is CC(C)(C)c1cc(NS(=O)[O-])no1.[Na]. The molecule has 0 saturated carbocycles. The van der Waals surface area contributed by atoms with Crippen LogP contribution in [0.4, 0.5) is 5.82 Å². The maximum absolute atomic E-state index is 10.2. The van der Waals surface area contributed by atoms with Gasteiger partial charge in [-0.1, -0.05) is 25.9 Å². The first-order valence-corrected chi connectivity index (χ1v) is 4.80. The summed E-state index contributed by atoms with van der Waals surface area (Å²) >= 11 is -2.35.